The second-order valence-corrected chi connectivity index (χ2v) is 6.91. The van der Waals surface area contributed by atoms with Crippen LogP contribution in [0.1, 0.15) is 5.56 Å². The van der Waals surface area contributed by atoms with Gasteiger partial charge >= 0.3 is 0 Å². The molecule has 2 aromatic carbocycles. The van der Waals surface area contributed by atoms with Crippen molar-refractivity contribution in [3.8, 4) is 0 Å². The quantitative estimate of drug-likeness (QED) is 0.753. The van der Waals surface area contributed by atoms with Gasteiger partial charge in [-0.1, -0.05) is 33.6 Å². The third-order valence-corrected chi connectivity index (χ3v) is 4.66. The third-order valence-electron chi connectivity index (χ3n) is 2.75. The van der Waals surface area contributed by atoms with Crippen molar-refractivity contribution in [2.75, 3.05) is 5.75 Å². The lowest BCUT2D eigenvalue weighted by Gasteiger charge is -2.12. The van der Waals surface area contributed by atoms with E-state index in [9.17, 15) is 4.39 Å². The van der Waals surface area contributed by atoms with Crippen LogP contribution < -0.4 is 5.73 Å². The summed E-state index contributed by atoms with van der Waals surface area (Å²) in [5, 5.41) is 0.710. The first-order chi connectivity index (χ1) is 9.54. The molecule has 1 nitrogen and oxygen atoms in total. The van der Waals surface area contributed by atoms with E-state index in [1.54, 1.807) is 23.9 Å². The summed E-state index contributed by atoms with van der Waals surface area (Å²) in [7, 11) is 0. The van der Waals surface area contributed by atoms with Gasteiger partial charge in [0.15, 0.2) is 0 Å². The van der Waals surface area contributed by atoms with Gasteiger partial charge in [0, 0.05) is 26.2 Å². The molecule has 0 aromatic heterocycles. The van der Waals surface area contributed by atoms with E-state index >= 15 is 0 Å². The van der Waals surface area contributed by atoms with Crippen molar-refractivity contribution < 1.29 is 4.39 Å². The molecular formula is C15H14BrClFNS. The van der Waals surface area contributed by atoms with E-state index < -0.39 is 0 Å². The van der Waals surface area contributed by atoms with Gasteiger partial charge in [-0.25, -0.2) is 4.39 Å². The van der Waals surface area contributed by atoms with Crippen molar-refractivity contribution in [3.05, 3.63) is 63.3 Å². The summed E-state index contributed by atoms with van der Waals surface area (Å²) >= 11 is 10.9. The molecule has 0 radical (unpaired) electrons. The molecule has 0 spiro atoms. The molecule has 1 unspecified atom stereocenters. The minimum absolute atomic E-state index is 0.109. The van der Waals surface area contributed by atoms with Crippen LogP contribution in [0, 0.1) is 5.82 Å². The first kappa shape index (κ1) is 15.8. The Hall–Kier alpha value is -0.550. The Labute approximate surface area is 135 Å². The standard InChI is InChI=1S/C15H14BrClFNS/c16-11-4-5-15(18)10(6-11)7-13(19)9-20-14-3-1-2-12(17)8-14/h1-6,8,13H,7,9,19H2. The molecule has 2 aromatic rings. The fraction of sp³-hybridized carbons (Fsp3) is 0.200. The monoisotopic (exact) mass is 373 g/mol. The zero-order valence-electron chi connectivity index (χ0n) is 10.7. The maximum absolute atomic E-state index is 13.6. The number of rotatable bonds is 5. The summed E-state index contributed by atoms with van der Waals surface area (Å²) < 4.78 is 14.5. The van der Waals surface area contributed by atoms with Gasteiger partial charge in [-0.05, 0) is 48.4 Å². The first-order valence-corrected chi connectivity index (χ1v) is 8.28. The molecule has 0 saturated carbocycles. The molecule has 0 aliphatic carbocycles. The van der Waals surface area contributed by atoms with Gasteiger partial charge < -0.3 is 5.73 Å². The summed E-state index contributed by atoms with van der Waals surface area (Å²) in [5.41, 5.74) is 6.71. The van der Waals surface area contributed by atoms with Crippen molar-refractivity contribution in [2.45, 2.75) is 17.4 Å². The molecule has 5 heteroatoms. The average Bonchev–Trinajstić information content (AvgIpc) is 2.41. The fourth-order valence-corrected chi connectivity index (χ4v) is 3.37. The molecule has 0 aliphatic rings. The molecule has 2 N–H and O–H groups in total. The lowest BCUT2D eigenvalue weighted by Crippen LogP contribution is -2.26. The Morgan fingerprint density at radius 3 is 2.80 bits per heavy atom. The molecule has 1 atom stereocenters. The van der Waals surface area contributed by atoms with E-state index in [4.69, 9.17) is 17.3 Å². The lowest BCUT2D eigenvalue weighted by molar-refractivity contribution is 0.597. The predicted molar refractivity (Wildman–Crippen MR) is 88.0 cm³/mol. The SMILES string of the molecule is NC(CSc1cccc(Cl)c1)Cc1cc(Br)ccc1F. The zero-order valence-corrected chi connectivity index (χ0v) is 13.8. The van der Waals surface area contributed by atoms with E-state index in [1.165, 1.54) is 6.07 Å². The van der Waals surface area contributed by atoms with Crippen molar-refractivity contribution in [1.82, 2.24) is 0 Å². The van der Waals surface area contributed by atoms with Gasteiger partial charge in [0.1, 0.15) is 5.82 Å². The molecule has 0 aliphatic heterocycles. The summed E-state index contributed by atoms with van der Waals surface area (Å²) in [5.74, 6) is 0.503. The average molecular weight is 375 g/mol. The highest BCUT2D eigenvalue weighted by Crippen LogP contribution is 2.23. The molecule has 0 saturated heterocycles. The van der Waals surface area contributed by atoms with E-state index in [2.05, 4.69) is 15.9 Å². The molecule has 0 fully saturated rings. The summed E-state index contributed by atoms with van der Waals surface area (Å²) in [4.78, 5) is 1.07. The maximum Gasteiger partial charge on any atom is 0.126 e. The van der Waals surface area contributed by atoms with Crippen LogP contribution >= 0.6 is 39.3 Å². The number of hydrogen-bond donors (Lipinski definition) is 1. The largest absolute Gasteiger partial charge is 0.327 e. The number of benzene rings is 2. The summed E-state index contributed by atoms with van der Waals surface area (Å²) in [6.45, 7) is 0. The van der Waals surface area contributed by atoms with Crippen LogP contribution in [0.4, 0.5) is 4.39 Å². The number of hydrogen-bond acceptors (Lipinski definition) is 2. The van der Waals surface area contributed by atoms with Crippen LogP contribution in [0.5, 0.6) is 0 Å². The van der Waals surface area contributed by atoms with E-state index in [1.807, 2.05) is 24.3 Å². The second kappa shape index (κ2) is 7.46. The van der Waals surface area contributed by atoms with Crippen LogP contribution in [0.2, 0.25) is 5.02 Å². The maximum atomic E-state index is 13.6. The highest BCUT2D eigenvalue weighted by atomic mass is 79.9. The number of thioether (sulfide) groups is 1. The summed E-state index contributed by atoms with van der Waals surface area (Å²) in [6.07, 6.45) is 0.513. The Morgan fingerprint density at radius 2 is 2.05 bits per heavy atom. The van der Waals surface area contributed by atoms with Crippen molar-refractivity contribution >= 4 is 39.3 Å². The normalized spacial score (nSPS) is 12.4. The van der Waals surface area contributed by atoms with Gasteiger partial charge in [0.2, 0.25) is 0 Å². The molecule has 20 heavy (non-hydrogen) atoms. The van der Waals surface area contributed by atoms with Gasteiger partial charge in [0.05, 0.1) is 0 Å². The van der Waals surface area contributed by atoms with Gasteiger partial charge in [-0.15, -0.1) is 11.8 Å². The Bertz CT molecular complexity index is 594. The van der Waals surface area contributed by atoms with Crippen LogP contribution in [-0.4, -0.2) is 11.8 Å². The minimum atomic E-state index is -0.212. The molecule has 2 rings (SSSR count). The third kappa shape index (κ3) is 4.77. The number of nitrogens with two attached hydrogens (primary N) is 1. The highest BCUT2D eigenvalue weighted by Gasteiger charge is 2.09. The van der Waals surface area contributed by atoms with Crippen LogP contribution in [0.25, 0.3) is 0 Å². The fourth-order valence-electron chi connectivity index (χ4n) is 1.80. The van der Waals surface area contributed by atoms with Crippen LogP contribution in [0.15, 0.2) is 51.8 Å². The van der Waals surface area contributed by atoms with Crippen molar-refractivity contribution in [1.29, 1.82) is 0 Å². The lowest BCUT2D eigenvalue weighted by atomic mass is 10.1. The Kier molecular flexibility index (Phi) is 5.90. The van der Waals surface area contributed by atoms with Crippen molar-refractivity contribution in [3.63, 3.8) is 0 Å². The Morgan fingerprint density at radius 1 is 1.25 bits per heavy atom. The van der Waals surface area contributed by atoms with E-state index in [0.717, 1.165) is 9.37 Å². The zero-order chi connectivity index (χ0) is 14.5. The van der Waals surface area contributed by atoms with E-state index in [0.29, 0.717) is 22.8 Å². The first-order valence-electron chi connectivity index (χ1n) is 6.12. The molecular weight excluding hydrogens is 361 g/mol. The van der Waals surface area contributed by atoms with Gasteiger partial charge in [-0.3, -0.25) is 0 Å². The number of halogens is 3. The van der Waals surface area contributed by atoms with Crippen molar-refractivity contribution in [2.24, 2.45) is 5.73 Å². The van der Waals surface area contributed by atoms with Crippen LogP contribution in [-0.2, 0) is 6.42 Å². The Balaban J connectivity index is 1.92. The molecule has 0 bridgehead atoms. The topological polar surface area (TPSA) is 26.0 Å². The molecule has 0 amide bonds. The second-order valence-electron chi connectivity index (χ2n) is 4.47. The minimum Gasteiger partial charge on any atom is -0.327 e. The smallest absolute Gasteiger partial charge is 0.126 e. The van der Waals surface area contributed by atoms with E-state index in [-0.39, 0.29) is 11.9 Å². The highest BCUT2D eigenvalue weighted by molar-refractivity contribution is 9.10. The molecule has 106 valence electrons. The van der Waals surface area contributed by atoms with Crippen LogP contribution in [0.3, 0.4) is 0 Å². The van der Waals surface area contributed by atoms with Gasteiger partial charge in [0.25, 0.3) is 0 Å². The summed E-state index contributed by atoms with van der Waals surface area (Å²) in [6, 6.07) is 12.4. The molecule has 0 heterocycles. The van der Waals surface area contributed by atoms with Gasteiger partial charge in [-0.2, -0.15) is 0 Å². The predicted octanol–water partition coefficient (Wildman–Crippen LogP) is 4.90.